The minimum atomic E-state index is -4.48. The van der Waals surface area contributed by atoms with E-state index >= 15 is 0 Å². The van der Waals surface area contributed by atoms with Gasteiger partial charge in [-0.05, 0) is 23.8 Å². The molecule has 132 valence electrons. The molecule has 0 bridgehead atoms. The Kier molecular flexibility index (Phi) is 4.58. The van der Waals surface area contributed by atoms with Gasteiger partial charge in [0.05, 0.1) is 11.6 Å². The Balaban J connectivity index is 1.94. The molecule has 2 heterocycles. The highest BCUT2D eigenvalue weighted by molar-refractivity contribution is 5.89. The first kappa shape index (κ1) is 17.4. The molecular formula is C17H12F3N5O. The second-order valence-corrected chi connectivity index (χ2v) is 5.41. The first-order valence-corrected chi connectivity index (χ1v) is 7.58. The monoisotopic (exact) mass is 359 g/mol. The van der Waals surface area contributed by atoms with Crippen molar-refractivity contribution >= 4 is 17.5 Å². The van der Waals surface area contributed by atoms with Crippen molar-refractivity contribution in [3.63, 3.8) is 0 Å². The molecule has 9 heteroatoms. The normalized spacial score (nSPS) is 11.3. The van der Waals surface area contributed by atoms with Crippen LogP contribution in [0.5, 0.6) is 0 Å². The third-order valence-corrected chi connectivity index (χ3v) is 3.59. The molecule has 3 aromatic rings. The molecule has 0 saturated carbocycles. The Morgan fingerprint density at radius 2 is 2.00 bits per heavy atom. The van der Waals surface area contributed by atoms with Crippen molar-refractivity contribution in [2.45, 2.75) is 19.0 Å². The molecule has 0 spiro atoms. The van der Waals surface area contributed by atoms with Crippen LogP contribution in [-0.2, 0) is 11.0 Å². The summed E-state index contributed by atoms with van der Waals surface area (Å²) in [7, 11) is 0. The molecule has 0 atom stereocenters. The van der Waals surface area contributed by atoms with Crippen LogP contribution in [0.15, 0.2) is 42.6 Å². The highest BCUT2D eigenvalue weighted by Crippen LogP contribution is 2.36. The van der Waals surface area contributed by atoms with Gasteiger partial charge in [0, 0.05) is 24.6 Å². The van der Waals surface area contributed by atoms with E-state index in [1.807, 2.05) is 6.07 Å². The molecule has 2 aromatic heterocycles. The van der Waals surface area contributed by atoms with E-state index in [-0.39, 0.29) is 24.4 Å². The number of carbonyl (C=O) groups is 1. The van der Waals surface area contributed by atoms with Gasteiger partial charge in [0.15, 0.2) is 5.65 Å². The maximum atomic E-state index is 13.2. The van der Waals surface area contributed by atoms with Crippen LogP contribution >= 0.6 is 0 Å². The fourth-order valence-corrected chi connectivity index (χ4v) is 2.43. The van der Waals surface area contributed by atoms with Crippen molar-refractivity contribution in [3.8, 4) is 17.2 Å². The topological polar surface area (TPSA) is 83.1 Å². The number of alkyl halides is 3. The van der Waals surface area contributed by atoms with E-state index in [0.29, 0.717) is 11.2 Å². The number of pyridine rings is 1. The predicted molar refractivity (Wildman–Crippen MR) is 86.9 cm³/mol. The summed E-state index contributed by atoms with van der Waals surface area (Å²) in [5.74, 6) is -0.390. The second-order valence-electron chi connectivity index (χ2n) is 5.41. The van der Waals surface area contributed by atoms with Gasteiger partial charge in [0.25, 0.3) is 0 Å². The number of benzene rings is 1. The number of aromatic nitrogens is 3. The van der Waals surface area contributed by atoms with Gasteiger partial charge in [-0.3, -0.25) is 10.1 Å². The summed E-state index contributed by atoms with van der Waals surface area (Å²) < 4.78 is 40.9. The molecule has 0 aliphatic rings. The van der Waals surface area contributed by atoms with Crippen molar-refractivity contribution < 1.29 is 18.0 Å². The van der Waals surface area contributed by atoms with Crippen LogP contribution in [-0.4, -0.2) is 20.5 Å². The molecule has 3 rings (SSSR count). The highest BCUT2D eigenvalue weighted by atomic mass is 19.4. The lowest BCUT2D eigenvalue weighted by Crippen LogP contribution is -2.12. The van der Waals surface area contributed by atoms with E-state index in [4.69, 9.17) is 5.26 Å². The van der Waals surface area contributed by atoms with Crippen LogP contribution in [0.3, 0.4) is 0 Å². The number of hydrogen-bond donors (Lipinski definition) is 1. The molecule has 6 nitrogen and oxygen atoms in total. The summed E-state index contributed by atoms with van der Waals surface area (Å²) >= 11 is 0. The molecule has 0 fully saturated rings. The SMILES string of the molecule is N#CCCC(=O)Nc1nc2ccc(-c3ccccc3C(F)(F)F)cn2n1. The number of rotatable bonds is 4. The number of hydrogen-bond acceptors (Lipinski definition) is 4. The van der Waals surface area contributed by atoms with Crippen LogP contribution in [0.2, 0.25) is 0 Å². The average molecular weight is 359 g/mol. The fourth-order valence-electron chi connectivity index (χ4n) is 2.43. The maximum Gasteiger partial charge on any atom is 0.417 e. The first-order valence-electron chi connectivity index (χ1n) is 7.58. The lowest BCUT2D eigenvalue weighted by Gasteiger charge is -2.12. The Morgan fingerprint density at radius 1 is 1.23 bits per heavy atom. The van der Waals surface area contributed by atoms with Gasteiger partial charge in [0.2, 0.25) is 11.9 Å². The van der Waals surface area contributed by atoms with Gasteiger partial charge in [0.1, 0.15) is 0 Å². The number of fused-ring (bicyclic) bond motifs is 1. The zero-order chi connectivity index (χ0) is 18.7. The molecule has 0 unspecified atom stereocenters. The molecule has 1 amide bonds. The summed E-state index contributed by atoms with van der Waals surface area (Å²) in [6.07, 6.45) is -2.99. The minimum absolute atomic E-state index is 0.0102. The Labute approximate surface area is 145 Å². The van der Waals surface area contributed by atoms with Gasteiger partial charge in [-0.1, -0.05) is 18.2 Å². The summed E-state index contributed by atoms with van der Waals surface area (Å²) in [6, 6.07) is 10.1. The van der Waals surface area contributed by atoms with E-state index in [0.717, 1.165) is 6.07 Å². The van der Waals surface area contributed by atoms with Crippen LogP contribution in [0.1, 0.15) is 18.4 Å². The Hall–Kier alpha value is -3.41. The van der Waals surface area contributed by atoms with Crippen molar-refractivity contribution in [2.24, 2.45) is 0 Å². The number of amides is 1. The lowest BCUT2D eigenvalue weighted by molar-refractivity contribution is -0.137. The fraction of sp³-hybridized carbons (Fsp3) is 0.176. The first-order chi connectivity index (χ1) is 12.4. The van der Waals surface area contributed by atoms with Gasteiger partial charge in [-0.15, -0.1) is 5.10 Å². The summed E-state index contributed by atoms with van der Waals surface area (Å²) in [6.45, 7) is 0. The van der Waals surface area contributed by atoms with Crippen LogP contribution in [0.4, 0.5) is 19.1 Å². The molecule has 0 aliphatic carbocycles. The summed E-state index contributed by atoms with van der Waals surface area (Å²) in [5, 5.41) is 15.0. The quantitative estimate of drug-likeness (QED) is 0.771. The van der Waals surface area contributed by atoms with Crippen LogP contribution in [0.25, 0.3) is 16.8 Å². The number of anilines is 1. The van der Waals surface area contributed by atoms with Gasteiger partial charge < -0.3 is 0 Å². The lowest BCUT2D eigenvalue weighted by atomic mass is 10.0. The maximum absolute atomic E-state index is 13.2. The third kappa shape index (κ3) is 3.64. The number of halogens is 3. The molecule has 0 aliphatic heterocycles. The van der Waals surface area contributed by atoms with E-state index in [1.54, 1.807) is 0 Å². The van der Waals surface area contributed by atoms with Crippen molar-refractivity contribution in [2.75, 3.05) is 5.32 Å². The molecular weight excluding hydrogens is 347 g/mol. The van der Waals surface area contributed by atoms with E-state index in [2.05, 4.69) is 15.4 Å². The third-order valence-electron chi connectivity index (χ3n) is 3.59. The molecule has 0 radical (unpaired) electrons. The van der Waals surface area contributed by atoms with Gasteiger partial charge in [-0.2, -0.15) is 23.4 Å². The minimum Gasteiger partial charge on any atom is -0.293 e. The molecule has 1 N–H and O–H groups in total. The Morgan fingerprint density at radius 3 is 2.73 bits per heavy atom. The predicted octanol–water partition coefficient (Wildman–Crippen LogP) is 3.66. The Bertz CT molecular complexity index is 1000. The van der Waals surface area contributed by atoms with Crippen molar-refractivity contribution in [1.82, 2.24) is 14.6 Å². The van der Waals surface area contributed by atoms with Crippen molar-refractivity contribution in [3.05, 3.63) is 48.2 Å². The molecule has 0 saturated heterocycles. The second kappa shape index (κ2) is 6.84. The van der Waals surface area contributed by atoms with Crippen molar-refractivity contribution in [1.29, 1.82) is 5.26 Å². The van der Waals surface area contributed by atoms with Crippen LogP contribution in [0, 0.1) is 11.3 Å². The zero-order valence-corrected chi connectivity index (χ0v) is 13.3. The van der Waals surface area contributed by atoms with Gasteiger partial charge >= 0.3 is 6.18 Å². The largest absolute Gasteiger partial charge is 0.417 e. The standard InChI is InChI=1S/C17H12F3N5O/c18-17(19,20)13-5-2-1-4-12(13)11-7-8-14-22-16(24-25(14)10-11)23-15(26)6-3-9-21/h1-2,4-5,7-8,10H,3,6H2,(H,23,24,26). The van der Waals surface area contributed by atoms with Gasteiger partial charge in [-0.25, -0.2) is 4.52 Å². The van der Waals surface area contributed by atoms with E-state index in [9.17, 15) is 18.0 Å². The number of nitrogens with zero attached hydrogens (tertiary/aromatic N) is 4. The zero-order valence-electron chi connectivity index (χ0n) is 13.3. The summed E-state index contributed by atoms with van der Waals surface area (Å²) in [4.78, 5) is 15.7. The smallest absolute Gasteiger partial charge is 0.293 e. The average Bonchev–Trinajstić information content (AvgIpc) is 3.00. The van der Waals surface area contributed by atoms with E-state index < -0.39 is 17.6 Å². The number of nitrogens with one attached hydrogen (secondary N) is 1. The summed E-state index contributed by atoms with van der Waals surface area (Å²) in [5.41, 5.74) is -0.0343. The molecule has 26 heavy (non-hydrogen) atoms. The molecule has 1 aromatic carbocycles. The van der Waals surface area contributed by atoms with Crippen LogP contribution < -0.4 is 5.32 Å². The number of carbonyl (C=O) groups excluding carboxylic acids is 1. The number of nitriles is 1. The van der Waals surface area contributed by atoms with E-state index in [1.165, 1.54) is 41.0 Å². The highest BCUT2D eigenvalue weighted by Gasteiger charge is 2.33.